The fourth-order valence-corrected chi connectivity index (χ4v) is 7.81. The van der Waals surface area contributed by atoms with Gasteiger partial charge in [0.05, 0.1) is 10.6 Å². The van der Waals surface area contributed by atoms with Crippen molar-refractivity contribution in [2.24, 2.45) is 0 Å². The number of halogens is 3. The van der Waals surface area contributed by atoms with Crippen LogP contribution in [-0.2, 0) is 32.6 Å². The molecule has 7 nitrogen and oxygen atoms in total. The van der Waals surface area contributed by atoms with E-state index in [9.17, 15) is 18.0 Å². The summed E-state index contributed by atoms with van der Waals surface area (Å²) in [6.45, 7) is 1.16. The van der Waals surface area contributed by atoms with Crippen LogP contribution < -0.4 is 9.62 Å². The number of nitrogens with zero attached hydrogens (tertiary/aromatic N) is 2. The van der Waals surface area contributed by atoms with Crippen molar-refractivity contribution >= 4 is 62.3 Å². The largest absolute Gasteiger partial charge is 0.352 e. The number of carbonyl (C=O) groups excluding carboxylic acids is 2. The Morgan fingerprint density at radius 3 is 2.15 bits per heavy atom. The van der Waals surface area contributed by atoms with Crippen LogP contribution in [0.5, 0.6) is 0 Å². The average molecular weight is 713 g/mol. The highest BCUT2D eigenvalue weighted by atomic mass is 35.5. The summed E-state index contributed by atoms with van der Waals surface area (Å²) in [4.78, 5) is 30.2. The molecule has 4 aromatic rings. The molecule has 1 atom stereocenters. The van der Waals surface area contributed by atoms with E-state index in [1.807, 2.05) is 37.3 Å². The number of nitrogens with one attached hydrogen (secondary N) is 1. The van der Waals surface area contributed by atoms with Crippen LogP contribution in [0, 0.1) is 6.92 Å². The van der Waals surface area contributed by atoms with Gasteiger partial charge in [0.25, 0.3) is 10.0 Å². The van der Waals surface area contributed by atoms with Crippen LogP contribution in [-0.4, -0.2) is 43.8 Å². The van der Waals surface area contributed by atoms with E-state index in [4.69, 9.17) is 34.8 Å². The van der Waals surface area contributed by atoms with E-state index in [0.717, 1.165) is 41.1 Å². The zero-order chi connectivity index (χ0) is 33.6. The third kappa shape index (κ3) is 8.68. The van der Waals surface area contributed by atoms with E-state index in [-0.39, 0.29) is 35.5 Å². The molecule has 0 aromatic heterocycles. The molecule has 0 spiro atoms. The second-order valence-electron chi connectivity index (χ2n) is 11.7. The normalized spacial score (nSPS) is 14.0. The second-order valence-corrected chi connectivity index (χ2v) is 14.8. The molecule has 2 amide bonds. The molecule has 0 saturated heterocycles. The van der Waals surface area contributed by atoms with Crippen molar-refractivity contribution in [1.29, 1.82) is 0 Å². The molecule has 47 heavy (non-hydrogen) atoms. The minimum atomic E-state index is -4.24. The highest BCUT2D eigenvalue weighted by molar-refractivity contribution is 7.92. The van der Waals surface area contributed by atoms with Gasteiger partial charge in [-0.25, -0.2) is 8.42 Å². The highest BCUT2D eigenvalue weighted by Crippen LogP contribution is 2.30. The molecule has 1 saturated carbocycles. The van der Waals surface area contributed by atoms with Gasteiger partial charge in [-0.3, -0.25) is 13.9 Å². The summed E-state index contributed by atoms with van der Waals surface area (Å²) >= 11 is 19.2. The lowest BCUT2D eigenvalue weighted by Gasteiger charge is -2.34. The Morgan fingerprint density at radius 2 is 1.51 bits per heavy atom. The number of hydrogen-bond acceptors (Lipinski definition) is 4. The Hall–Kier alpha value is -3.56. The predicted octanol–water partition coefficient (Wildman–Crippen LogP) is 7.85. The molecule has 5 rings (SSSR count). The summed E-state index contributed by atoms with van der Waals surface area (Å²) in [7, 11) is -4.24. The van der Waals surface area contributed by atoms with E-state index >= 15 is 0 Å². The third-order valence-corrected chi connectivity index (χ3v) is 11.2. The number of amides is 2. The quantitative estimate of drug-likeness (QED) is 0.162. The molecule has 1 aliphatic carbocycles. The van der Waals surface area contributed by atoms with Crippen molar-refractivity contribution in [1.82, 2.24) is 10.2 Å². The maximum atomic E-state index is 14.7. The van der Waals surface area contributed by atoms with Crippen LogP contribution >= 0.6 is 34.8 Å². The van der Waals surface area contributed by atoms with Crippen LogP contribution in [0.15, 0.2) is 102 Å². The Balaban J connectivity index is 1.59. The molecule has 1 fully saturated rings. The molecule has 0 bridgehead atoms. The van der Waals surface area contributed by atoms with Crippen molar-refractivity contribution in [2.75, 3.05) is 10.8 Å². The minimum absolute atomic E-state index is 0.00139. The van der Waals surface area contributed by atoms with Crippen molar-refractivity contribution in [3.63, 3.8) is 0 Å². The van der Waals surface area contributed by atoms with Crippen LogP contribution in [0.2, 0.25) is 15.1 Å². The molecule has 0 heterocycles. The summed E-state index contributed by atoms with van der Waals surface area (Å²) in [5.74, 6) is -0.898. The zero-order valence-electron chi connectivity index (χ0n) is 25.9. The van der Waals surface area contributed by atoms with Crippen LogP contribution in [0.25, 0.3) is 0 Å². The van der Waals surface area contributed by atoms with Gasteiger partial charge in [0.15, 0.2) is 0 Å². The van der Waals surface area contributed by atoms with Crippen LogP contribution in [0.1, 0.15) is 42.4 Å². The van der Waals surface area contributed by atoms with Crippen LogP contribution in [0.3, 0.4) is 0 Å². The second kappa shape index (κ2) is 15.6. The van der Waals surface area contributed by atoms with Crippen molar-refractivity contribution in [3.8, 4) is 0 Å². The van der Waals surface area contributed by atoms with E-state index in [1.54, 1.807) is 48.5 Å². The molecular weight excluding hydrogens is 677 g/mol. The first-order valence-electron chi connectivity index (χ1n) is 15.4. The maximum absolute atomic E-state index is 14.7. The van der Waals surface area contributed by atoms with E-state index < -0.39 is 28.5 Å². The Morgan fingerprint density at radius 1 is 0.851 bits per heavy atom. The smallest absolute Gasteiger partial charge is 0.264 e. The lowest BCUT2D eigenvalue weighted by atomic mass is 10.0. The zero-order valence-corrected chi connectivity index (χ0v) is 29.0. The summed E-state index contributed by atoms with van der Waals surface area (Å²) in [5.41, 5.74) is 2.38. The van der Waals surface area contributed by atoms with Gasteiger partial charge in [0.1, 0.15) is 12.6 Å². The van der Waals surface area contributed by atoms with Crippen LogP contribution in [0.4, 0.5) is 5.69 Å². The van der Waals surface area contributed by atoms with Gasteiger partial charge in [-0.15, -0.1) is 0 Å². The van der Waals surface area contributed by atoms with Gasteiger partial charge in [0, 0.05) is 34.1 Å². The Labute approximate surface area is 291 Å². The Bertz CT molecular complexity index is 1820. The number of rotatable bonds is 12. The van der Waals surface area contributed by atoms with E-state index in [1.165, 1.54) is 23.1 Å². The number of anilines is 1. The molecule has 1 aliphatic rings. The lowest BCUT2D eigenvalue weighted by molar-refractivity contribution is -0.140. The summed E-state index contributed by atoms with van der Waals surface area (Å²) in [5, 5.41) is 4.26. The van der Waals surface area contributed by atoms with Gasteiger partial charge in [-0.1, -0.05) is 108 Å². The SMILES string of the molecule is Cc1ccc(N(CC(=O)N(Cc2ccc(Cl)cc2Cl)C(Cc2ccccc2)C(=O)NC2CCCC2)S(=O)(=O)c2ccccc2)cc1Cl. The minimum Gasteiger partial charge on any atom is -0.352 e. The van der Waals surface area contributed by atoms with Gasteiger partial charge >= 0.3 is 0 Å². The first kappa shape index (κ1) is 34.8. The molecule has 0 aliphatic heterocycles. The van der Waals surface area contributed by atoms with Gasteiger partial charge in [0.2, 0.25) is 11.8 Å². The fraction of sp³-hybridized carbons (Fsp3) is 0.278. The maximum Gasteiger partial charge on any atom is 0.264 e. The lowest BCUT2D eigenvalue weighted by Crippen LogP contribution is -2.54. The molecule has 0 radical (unpaired) electrons. The topological polar surface area (TPSA) is 86.8 Å². The summed E-state index contributed by atoms with van der Waals surface area (Å²) in [6, 6.07) is 26.1. The van der Waals surface area contributed by atoms with Gasteiger partial charge in [-0.05, 0) is 72.9 Å². The molecule has 246 valence electrons. The first-order chi connectivity index (χ1) is 22.5. The van der Waals surface area contributed by atoms with Crippen molar-refractivity contribution < 1.29 is 18.0 Å². The molecule has 11 heteroatoms. The van der Waals surface area contributed by atoms with E-state index in [2.05, 4.69) is 5.32 Å². The number of hydrogen-bond donors (Lipinski definition) is 1. The summed E-state index contributed by atoms with van der Waals surface area (Å²) in [6.07, 6.45) is 3.96. The fourth-order valence-electron chi connectivity index (χ4n) is 5.74. The van der Waals surface area contributed by atoms with Crippen molar-refractivity contribution in [3.05, 3.63) is 129 Å². The third-order valence-electron chi connectivity index (χ3n) is 8.38. The first-order valence-corrected chi connectivity index (χ1v) is 18.0. The molecular formula is C36H36Cl3N3O4S. The molecule has 1 N–H and O–H groups in total. The standard InChI is InChI=1S/C36H36Cl3N3O4S/c1-25-16-19-30(22-32(25)38)42(47(45,46)31-14-6-3-7-15-31)24-35(43)41(23-27-17-18-28(37)21-33(27)39)34(20-26-10-4-2-5-11-26)36(44)40-29-12-8-9-13-29/h2-7,10-11,14-19,21-22,29,34H,8-9,12-13,20,23-24H2,1H3,(H,40,44). The number of sulfonamides is 1. The highest BCUT2D eigenvalue weighted by Gasteiger charge is 2.36. The van der Waals surface area contributed by atoms with Crippen molar-refractivity contribution in [2.45, 2.75) is 62.6 Å². The Kier molecular flexibility index (Phi) is 11.5. The van der Waals surface area contributed by atoms with Gasteiger partial charge < -0.3 is 10.2 Å². The van der Waals surface area contributed by atoms with E-state index in [0.29, 0.717) is 20.6 Å². The molecule has 4 aromatic carbocycles. The number of carbonyl (C=O) groups is 2. The average Bonchev–Trinajstić information content (AvgIpc) is 3.57. The monoisotopic (exact) mass is 711 g/mol. The molecule has 1 unspecified atom stereocenters. The number of aryl methyl sites for hydroxylation is 1. The number of benzene rings is 4. The van der Waals surface area contributed by atoms with Gasteiger partial charge in [-0.2, -0.15) is 0 Å². The summed E-state index contributed by atoms with van der Waals surface area (Å²) < 4.78 is 29.4. The predicted molar refractivity (Wildman–Crippen MR) is 189 cm³/mol.